The highest BCUT2D eigenvalue weighted by Gasteiger charge is 2.27. The Bertz CT molecular complexity index is 2770. The number of aromatic amines is 1. The second kappa shape index (κ2) is 20.9. The zero-order valence-corrected chi connectivity index (χ0v) is 37.5. The Balaban J connectivity index is 1.03. The summed E-state index contributed by atoms with van der Waals surface area (Å²) in [6.07, 6.45) is 3.89. The van der Waals surface area contributed by atoms with Crippen LogP contribution in [-0.2, 0) is 25.6 Å². The van der Waals surface area contributed by atoms with E-state index in [1.165, 1.54) is 6.92 Å². The lowest BCUT2D eigenvalue weighted by Gasteiger charge is -2.22. The first-order valence-electron chi connectivity index (χ1n) is 21.1. The van der Waals surface area contributed by atoms with Gasteiger partial charge in [-0.15, -0.1) is 0 Å². The third-order valence-corrected chi connectivity index (χ3v) is 11.3. The Morgan fingerprint density at radius 1 is 0.875 bits per heavy atom. The molecule has 2 heterocycles. The summed E-state index contributed by atoms with van der Waals surface area (Å²) < 4.78 is 8.40. The maximum Gasteiger partial charge on any atom is 0.336 e. The molecule has 6 rings (SSSR count). The molecule has 0 saturated heterocycles. The molecule has 0 fully saturated rings. The molecule has 3 aromatic carbocycles. The number of anilines is 2. The first-order chi connectivity index (χ1) is 30.6. The highest BCUT2D eigenvalue weighted by atomic mass is 32.1. The van der Waals surface area contributed by atoms with Crippen molar-refractivity contribution in [2.24, 2.45) is 5.73 Å². The van der Waals surface area contributed by atoms with E-state index in [2.05, 4.69) is 26.3 Å². The fourth-order valence-electron chi connectivity index (χ4n) is 7.61. The number of primary amides is 1. The number of fused-ring (bicyclic) bond motifs is 3. The van der Waals surface area contributed by atoms with Gasteiger partial charge >= 0.3 is 5.97 Å². The first kappa shape index (κ1) is 46.4. The molecule has 15 nitrogen and oxygen atoms in total. The molecule has 0 saturated carbocycles. The number of carboxylic acid groups (broad SMARTS) is 1. The van der Waals surface area contributed by atoms with E-state index in [0.29, 0.717) is 53.5 Å². The molecule has 1 aliphatic heterocycles. The predicted octanol–water partition coefficient (Wildman–Crippen LogP) is 5.40. The smallest absolute Gasteiger partial charge is 0.336 e. The molecule has 334 valence electrons. The number of ketones is 1. The van der Waals surface area contributed by atoms with Gasteiger partial charge in [0.2, 0.25) is 23.1 Å². The van der Waals surface area contributed by atoms with Crippen LogP contribution in [0.3, 0.4) is 0 Å². The average molecular weight is 888 g/mol. The number of carbonyl (C=O) groups excluding carboxylic acids is 4. The van der Waals surface area contributed by atoms with Gasteiger partial charge in [-0.3, -0.25) is 19.2 Å². The number of benzene rings is 4. The standard InChI is InChI=1S/C48H54N8O7S/c1-28(57)40(23-29-27-51-38-12-9-8-11-33(29)38)54-46(60)39(20-21-43(49)58)53-44(59)13-7-6-10-22-50-48(64)52-30-14-17-34(37(24-30)47(61)62)45-35-18-15-31(55(2)3)25-41(35)63-42-26-32(56(4)5)16-19-36(42)45/h8-9,11-12,14-19,24-27,39-40,51H,6-7,10,13,20-23H2,1-5H3,(H6,49,50,53,54,58,59,60,61,62,64)/p+1/t39-,40-/m0/s1. The Morgan fingerprint density at radius 3 is 2.36 bits per heavy atom. The van der Waals surface area contributed by atoms with Crippen molar-refractivity contribution in [2.75, 3.05) is 45.0 Å². The summed E-state index contributed by atoms with van der Waals surface area (Å²) in [5, 5.41) is 25.2. The normalized spacial score (nSPS) is 12.1. The van der Waals surface area contributed by atoms with Crippen molar-refractivity contribution in [2.45, 2.75) is 64.0 Å². The number of unbranched alkanes of at least 4 members (excludes halogenated alkanes) is 2. The molecule has 1 aromatic heterocycles. The molecular weight excluding hydrogens is 833 g/mol. The molecule has 8 N–H and O–H groups in total. The summed E-state index contributed by atoms with van der Waals surface area (Å²) in [6, 6.07) is 22.6. The quantitative estimate of drug-likeness (QED) is 0.0237. The summed E-state index contributed by atoms with van der Waals surface area (Å²) in [7, 11) is 7.79. The van der Waals surface area contributed by atoms with Crippen molar-refractivity contribution >= 4 is 80.1 Å². The molecule has 0 bridgehead atoms. The number of para-hydroxylation sites is 1. The second-order valence-electron chi connectivity index (χ2n) is 16.2. The zero-order valence-electron chi connectivity index (χ0n) is 36.7. The number of amides is 3. The third-order valence-electron chi connectivity index (χ3n) is 11.1. The van der Waals surface area contributed by atoms with Crippen LogP contribution >= 0.6 is 12.2 Å². The van der Waals surface area contributed by atoms with Crippen LogP contribution in [0.25, 0.3) is 44.3 Å². The number of rotatable bonds is 19. The minimum atomic E-state index is -1.10. The third kappa shape index (κ3) is 11.5. The minimum Gasteiger partial charge on any atom is -0.478 e. The number of H-pyrrole nitrogens is 1. The summed E-state index contributed by atoms with van der Waals surface area (Å²) in [6.45, 7) is 1.88. The van der Waals surface area contributed by atoms with Crippen molar-refractivity contribution in [1.29, 1.82) is 0 Å². The molecule has 4 aromatic rings. The molecule has 0 radical (unpaired) electrons. The maximum absolute atomic E-state index is 13.4. The van der Waals surface area contributed by atoms with E-state index in [0.717, 1.165) is 44.0 Å². The highest BCUT2D eigenvalue weighted by Crippen LogP contribution is 2.42. The van der Waals surface area contributed by atoms with E-state index < -0.39 is 29.9 Å². The van der Waals surface area contributed by atoms with Gasteiger partial charge < -0.3 is 46.4 Å². The number of hydrogen-bond acceptors (Lipinski definition) is 8. The lowest BCUT2D eigenvalue weighted by Crippen LogP contribution is -2.52. The Hall–Kier alpha value is -7.07. The van der Waals surface area contributed by atoms with Crippen LogP contribution in [-0.4, -0.2) is 91.5 Å². The molecule has 0 unspecified atom stereocenters. The topological polar surface area (TPSA) is 215 Å². The lowest BCUT2D eigenvalue weighted by atomic mass is 9.90. The Morgan fingerprint density at radius 2 is 1.64 bits per heavy atom. The van der Waals surface area contributed by atoms with Gasteiger partial charge in [0.25, 0.3) is 0 Å². The summed E-state index contributed by atoms with van der Waals surface area (Å²) in [5.74, 6) is -2.27. The van der Waals surface area contributed by atoms with E-state index in [1.54, 1.807) is 24.4 Å². The van der Waals surface area contributed by atoms with Crippen LogP contribution in [0.15, 0.2) is 89.5 Å². The molecular formula is C48H55N8O7S+. The van der Waals surface area contributed by atoms with E-state index in [1.807, 2.05) is 98.3 Å². The van der Waals surface area contributed by atoms with E-state index in [9.17, 15) is 29.1 Å². The molecule has 0 spiro atoms. The van der Waals surface area contributed by atoms with Gasteiger partial charge in [0.15, 0.2) is 10.9 Å². The Kier molecular flexibility index (Phi) is 15.1. The van der Waals surface area contributed by atoms with Crippen LogP contribution in [0.5, 0.6) is 0 Å². The average Bonchev–Trinajstić information content (AvgIpc) is 3.67. The van der Waals surface area contributed by atoms with Gasteiger partial charge in [0, 0.05) is 97.0 Å². The minimum absolute atomic E-state index is 0.0123. The first-order valence-corrected chi connectivity index (χ1v) is 21.5. The number of aromatic carboxylic acids is 1. The Labute approximate surface area is 376 Å². The van der Waals surface area contributed by atoms with Crippen molar-refractivity contribution in [3.8, 4) is 22.5 Å². The van der Waals surface area contributed by atoms with Crippen molar-refractivity contribution in [1.82, 2.24) is 25.5 Å². The van der Waals surface area contributed by atoms with Gasteiger partial charge in [-0.05, 0) is 85.9 Å². The van der Waals surface area contributed by atoms with E-state index in [4.69, 9.17) is 22.4 Å². The molecule has 2 aliphatic rings. The summed E-state index contributed by atoms with van der Waals surface area (Å²) in [5.41, 5.74) is 11.3. The number of thiocarbonyl (C=S) groups is 1. The number of hydrogen-bond donors (Lipinski definition) is 7. The van der Waals surface area contributed by atoms with Crippen LogP contribution in [0.1, 0.15) is 61.4 Å². The van der Waals surface area contributed by atoms with Crippen LogP contribution < -0.4 is 41.8 Å². The SMILES string of the molecule is CC(=O)[C@H](Cc1c[nH]c2ccccc12)NC(=O)[C@H](CCC(N)=O)NC(=O)CCCCCNC(=S)Nc1ccc(-c2c3ccc(=[N+](C)C)cc-3oc3cc(N(C)C)ccc23)c(C(=O)O)c1. The second-order valence-corrected chi connectivity index (χ2v) is 16.7. The number of nitrogens with one attached hydrogen (secondary N) is 5. The monoisotopic (exact) mass is 887 g/mol. The number of nitrogens with zero attached hydrogens (tertiary/aromatic N) is 2. The fourth-order valence-corrected chi connectivity index (χ4v) is 7.83. The number of aromatic nitrogens is 1. The number of carbonyl (C=O) groups is 5. The van der Waals surface area contributed by atoms with Gasteiger partial charge in [0.1, 0.15) is 31.5 Å². The maximum atomic E-state index is 13.4. The van der Waals surface area contributed by atoms with Gasteiger partial charge in [-0.25, -0.2) is 9.37 Å². The van der Waals surface area contributed by atoms with Gasteiger partial charge in [0.05, 0.1) is 17.7 Å². The summed E-state index contributed by atoms with van der Waals surface area (Å²) >= 11 is 5.55. The van der Waals surface area contributed by atoms with Crippen molar-refractivity contribution < 1.29 is 33.5 Å². The van der Waals surface area contributed by atoms with E-state index in [-0.39, 0.29) is 42.9 Å². The zero-order chi connectivity index (χ0) is 46.1. The largest absolute Gasteiger partial charge is 0.478 e. The number of nitrogens with two attached hydrogens (primary N) is 1. The molecule has 16 heteroatoms. The molecule has 1 aliphatic carbocycles. The van der Waals surface area contributed by atoms with Crippen molar-refractivity contribution in [3.05, 3.63) is 102 Å². The predicted molar refractivity (Wildman–Crippen MR) is 254 cm³/mol. The van der Waals surface area contributed by atoms with Crippen LogP contribution in [0.2, 0.25) is 0 Å². The van der Waals surface area contributed by atoms with Crippen LogP contribution in [0.4, 0.5) is 11.4 Å². The van der Waals surface area contributed by atoms with Gasteiger partial charge in [-0.1, -0.05) is 30.7 Å². The van der Waals surface area contributed by atoms with Crippen molar-refractivity contribution in [3.63, 3.8) is 0 Å². The molecule has 2 atom stereocenters. The van der Waals surface area contributed by atoms with Gasteiger partial charge in [-0.2, -0.15) is 0 Å². The van der Waals surface area contributed by atoms with Crippen LogP contribution in [0, 0.1) is 0 Å². The fraction of sp³-hybridized carbons (Fsp3) is 0.312. The highest BCUT2D eigenvalue weighted by molar-refractivity contribution is 7.80. The molecule has 64 heavy (non-hydrogen) atoms. The molecule has 3 amide bonds. The lowest BCUT2D eigenvalue weighted by molar-refractivity contribution is -0.131. The van der Waals surface area contributed by atoms with E-state index >= 15 is 0 Å². The number of Topliss-reactive ketones (excluding diaryl/α,β-unsaturated/α-hetero) is 1. The number of carboxylic acids is 1. The summed E-state index contributed by atoms with van der Waals surface area (Å²) in [4.78, 5) is 68.6.